The predicted molar refractivity (Wildman–Crippen MR) is 56.7 cm³/mol. The molecule has 76 valence electrons. The maximum atomic E-state index is 13.4. The van der Waals surface area contributed by atoms with Crippen LogP contribution in [0, 0.1) is 5.82 Å². The van der Waals surface area contributed by atoms with Crippen LogP contribution in [0.2, 0.25) is 0 Å². The van der Waals surface area contributed by atoms with E-state index in [1.165, 1.54) is 6.07 Å². The number of hydrogen-bond donors (Lipinski definition) is 1. The molecule has 1 unspecified atom stereocenters. The van der Waals surface area contributed by atoms with Crippen molar-refractivity contribution in [2.75, 3.05) is 0 Å². The van der Waals surface area contributed by atoms with Crippen LogP contribution in [0.25, 0.3) is 0 Å². The summed E-state index contributed by atoms with van der Waals surface area (Å²) in [6, 6.07) is 9.68. The predicted octanol–water partition coefficient (Wildman–Crippen LogP) is 2.27. The zero-order chi connectivity index (χ0) is 10.7. The Kier molecular flexibility index (Phi) is 2.74. The maximum Gasteiger partial charge on any atom is 0.128 e. The quantitative estimate of drug-likeness (QED) is 0.811. The summed E-state index contributed by atoms with van der Waals surface area (Å²) in [6.45, 7) is 0. The van der Waals surface area contributed by atoms with Gasteiger partial charge in [0.25, 0.3) is 0 Å². The van der Waals surface area contributed by atoms with E-state index in [-0.39, 0.29) is 5.82 Å². The number of benzene rings is 1. The standard InChI is InChI=1S/C12H11FN2/c13-11-4-2-1-3-10(11)12(14)9-5-7-15-8-6-9/h1-8,12H,14H2. The highest BCUT2D eigenvalue weighted by Crippen LogP contribution is 2.20. The molecule has 2 nitrogen and oxygen atoms in total. The van der Waals surface area contributed by atoms with Crippen LogP contribution < -0.4 is 5.73 Å². The Hall–Kier alpha value is -1.74. The molecular weight excluding hydrogens is 191 g/mol. The first-order chi connectivity index (χ1) is 7.29. The number of hydrogen-bond acceptors (Lipinski definition) is 2. The lowest BCUT2D eigenvalue weighted by atomic mass is 10.0. The first-order valence-electron chi connectivity index (χ1n) is 4.69. The van der Waals surface area contributed by atoms with Crippen molar-refractivity contribution in [3.63, 3.8) is 0 Å². The molecule has 1 heterocycles. The van der Waals surface area contributed by atoms with Gasteiger partial charge in [-0.2, -0.15) is 0 Å². The minimum atomic E-state index is -0.436. The molecule has 2 N–H and O–H groups in total. The van der Waals surface area contributed by atoms with E-state index in [2.05, 4.69) is 4.98 Å². The lowest BCUT2D eigenvalue weighted by Crippen LogP contribution is -2.13. The third-order valence-corrected chi connectivity index (χ3v) is 2.31. The second-order valence-electron chi connectivity index (χ2n) is 3.28. The third kappa shape index (κ3) is 2.02. The summed E-state index contributed by atoms with van der Waals surface area (Å²) in [6.07, 6.45) is 3.30. The zero-order valence-corrected chi connectivity index (χ0v) is 8.10. The molecule has 0 aliphatic heterocycles. The molecular formula is C12H11FN2. The molecule has 1 aromatic carbocycles. The summed E-state index contributed by atoms with van der Waals surface area (Å²) in [4.78, 5) is 3.89. The molecule has 3 heteroatoms. The summed E-state index contributed by atoms with van der Waals surface area (Å²) < 4.78 is 13.4. The second-order valence-corrected chi connectivity index (χ2v) is 3.28. The minimum absolute atomic E-state index is 0.276. The van der Waals surface area contributed by atoms with Crippen molar-refractivity contribution in [3.05, 3.63) is 65.7 Å². The van der Waals surface area contributed by atoms with Gasteiger partial charge < -0.3 is 5.73 Å². The number of rotatable bonds is 2. The van der Waals surface area contributed by atoms with Crippen molar-refractivity contribution in [1.82, 2.24) is 4.98 Å². The van der Waals surface area contributed by atoms with Crippen molar-refractivity contribution in [2.45, 2.75) is 6.04 Å². The van der Waals surface area contributed by atoms with Gasteiger partial charge >= 0.3 is 0 Å². The van der Waals surface area contributed by atoms with Crippen LogP contribution in [0.3, 0.4) is 0 Å². The zero-order valence-electron chi connectivity index (χ0n) is 8.10. The van der Waals surface area contributed by atoms with E-state index in [1.807, 2.05) is 0 Å². The average Bonchev–Trinajstić information content (AvgIpc) is 2.30. The van der Waals surface area contributed by atoms with E-state index in [9.17, 15) is 4.39 Å². The Morgan fingerprint density at radius 3 is 2.40 bits per heavy atom. The van der Waals surface area contributed by atoms with Gasteiger partial charge in [0.1, 0.15) is 5.82 Å². The normalized spacial score (nSPS) is 12.4. The molecule has 0 radical (unpaired) electrons. The average molecular weight is 202 g/mol. The fourth-order valence-electron chi connectivity index (χ4n) is 1.48. The Morgan fingerprint density at radius 1 is 1.07 bits per heavy atom. The fraction of sp³-hybridized carbons (Fsp3) is 0.0833. The molecule has 0 saturated carbocycles. The molecule has 0 amide bonds. The summed E-state index contributed by atoms with van der Waals surface area (Å²) >= 11 is 0. The van der Waals surface area contributed by atoms with Gasteiger partial charge in [0.15, 0.2) is 0 Å². The van der Waals surface area contributed by atoms with Crippen LogP contribution in [0.5, 0.6) is 0 Å². The molecule has 1 atom stereocenters. The highest BCUT2D eigenvalue weighted by molar-refractivity contribution is 5.30. The number of aromatic nitrogens is 1. The first-order valence-corrected chi connectivity index (χ1v) is 4.69. The van der Waals surface area contributed by atoms with Crippen molar-refractivity contribution in [3.8, 4) is 0 Å². The number of pyridine rings is 1. The molecule has 1 aromatic heterocycles. The number of nitrogens with two attached hydrogens (primary N) is 1. The van der Waals surface area contributed by atoms with E-state index in [0.717, 1.165) is 5.56 Å². The Labute approximate surface area is 87.6 Å². The molecule has 15 heavy (non-hydrogen) atoms. The van der Waals surface area contributed by atoms with Gasteiger partial charge in [-0.25, -0.2) is 4.39 Å². The monoisotopic (exact) mass is 202 g/mol. The molecule has 0 bridgehead atoms. The molecule has 0 fully saturated rings. The summed E-state index contributed by atoms with van der Waals surface area (Å²) in [5.41, 5.74) is 7.31. The fourth-order valence-corrected chi connectivity index (χ4v) is 1.48. The SMILES string of the molecule is NC(c1ccncc1)c1ccccc1F. The maximum absolute atomic E-state index is 13.4. The number of halogens is 1. The van der Waals surface area contributed by atoms with Crippen molar-refractivity contribution < 1.29 is 4.39 Å². The molecule has 2 aromatic rings. The highest BCUT2D eigenvalue weighted by Gasteiger charge is 2.11. The Bertz CT molecular complexity index is 442. The number of nitrogens with zero attached hydrogens (tertiary/aromatic N) is 1. The van der Waals surface area contributed by atoms with Crippen LogP contribution in [0.1, 0.15) is 17.2 Å². The Morgan fingerprint density at radius 2 is 1.73 bits per heavy atom. The van der Waals surface area contributed by atoms with Crippen molar-refractivity contribution in [1.29, 1.82) is 0 Å². The molecule has 0 saturated heterocycles. The highest BCUT2D eigenvalue weighted by atomic mass is 19.1. The van der Waals surface area contributed by atoms with Gasteiger partial charge in [-0.3, -0.25) is 4.98 Å². The van der Waals surface area contributed by atoms with Crippen molar-refractivity contribution >= 4 is 0 Å². The third-order valence-electron chi connectivity index (χ3n) is 2.31. The molecule has 0 aliphatic rings. The van der Waals surface area contributed by atoms with E-state index in [1.54, 1.807) is 42.7 Å². The van der Waals surface area contributed by atoms with Gasteiger partial charge in [0, 0.05) is 18.0 Å². The molecule has 2 rings (SSSR count). The van der Waals surface area contributed by atoms with Gasteiger partial charge in [0.05, 0.1) is 6.04 Å². The van der Waals surface area contributed by atoms with E-state index >= 15 is 0 Å². The van der Waals surface area contributed by atoms with Gasteiger partial charge in [-0.05, 0) is 23.8 Å². The van der Waals surface area contributed by atoms with Gasteiger partial charge in [-0.1, -0.05) is 18.2 Å². The topological polar surface area (TPSA) is 38.9 Å². The summed E-state index contributed by atoms with van der Waals surface area (Å²) in [5.74, 6) is -0.276. The minimum Gasteiger partial charge on any atom is -0.320 e. The van der Waals surface area contributed by atoms with Crippen LogP contribution in [-0.2, 0) is 0 Å². The van der Waals surface area contributed by atoms with Crippen LogP contribution in [-0.4, -0.2) is 4.98 Å². The Balaban J connectivity index is 2.37. The summed E-state index contributed by atoms with van der Waals surface area (Å²) in [7, 11) is 0. The smallest absolute Gasteiger partial charge is 0.128 e. The lowest BCUT2D eigenvalue weighted by molar-refractivity contribution is 0.599. The van der Waals surface area contributed by atoms with E-state index < -0.39 is 6.04 Å². The second kappa shape index (κ2) is 4.19. The van der Waals surface area contributed by atoms with Gasteiger partial charge in [0.2, 0.25) is 0 Å². The van der Waals surface area contributed by atoms with Crippen LogP contribution in [0.4, 0.5) is 4.39 Å². The first kappa shape index (κ1) is 9.80. The van der Waals surface area contributed by atoms with Gasteiger partial charge in [-0.15, -0.1) is 0 Å². The van der Waals surface area contributed by atoms with E-state index in [4.69, 9.17) is 5.73 Å². The van der Waals surface area contributed by atoms with Crippen LogP contribution >= 0.6 is 0 Å². The lowest BCUT2D eigenvalue weighted by Gasteiger charge is -2.12. The summed E-state index contributed by atoms with van der Waals surface area (Å²) in [5, 5.41) is 0. The molecule has 0 spiro atoms. The van der Waals surface area contributed by atoms with Crippen LogP contribution in [0.15, 0.2) is 48.8 Å². The largest absolute Gasteiger partial charge is 0.320 e. The van der Waals surface area contributed by atoms with Crippen molar-refractivity contribution in [2.24, 2.45) is 5.73 Å². The molecule has 0 aliphatic carbocycles. The van der Waals surface area contributed by atoms with E-state index in [0.29, 0.717) is 5.56 Å².